The molecule has 2 unspecified atom stereocenters. The van der Waals surface area contributed by atoms with Crippen LogP contribution in [0.4, 0.5) is 5.95 Å². The third-order valence-electron chi connectivity index (χ3n) is 6.86. The van der Waals surface area contributed by atoms with E-state index < -0.39 is 62.0 Å². The van der Waals surface area contributed by atoms with Crippen LogP contribution in [0.3, 0.4) is 0 Å². The number of imidazole rings is 1. The molecule has 1 saturated heterocycles. The van der Waals surface area contributed by atoms with Crippen LogP contribution in [-0.2, 0) is 37.4 Å². The summed E-state index contributed by atoms with van der Waals surface area (Å²) < 4.78 is 47.4. The van der Waals surface area contributed by atoms with Gasteiger partial charge < -0.3 is 34.9 Å². The first-order chi connectivity index (χ1) is 19.9. The SMILES string of the molecule is CCOC(=O)COP(=O)(N[C@@H](CCSC)C(=O)OCC)OC1[C@H]2O[C@@H](n3cnc4c(OC)nc(N)nc43)[C@](C)(O)[C@@]12O. The summed E-state index contributed by atoms with van der Waals surface area (Å²) in [4.78, 5) is 37.0. The number of nitrogens with zero attached hydrogens (tertiary/aromatic N) is 4. The quantitative estimate of drug-likeness (QED) is 0.151. The Labute approximate surface area is 245 Å². The monoisotopic (exact) mass is 634 g/mol. The molecule has 19 heteroatoms. The predicted molar refractivity (Wildman–Crippen MR) is 147 cm³/mol. The molecule has 4 rings (SSSR count). The number of nitrogens with one attached hydrogen (secondary N) is 1. The second kappa shape index (κ2) is 12.6. The van der Waals surface area contributed by atoms with Gasteiger partial charge in [0.25, 0.3) is 0 Å². The summed E-state index contributed by atoms with van der Waals surface area (Å²) in [6, 6.07) is -1.13. The summed E-state index contributed by atoms with van der Waals surface area (Å²) in [5, 5.41) is 25.6. The molecule has 2 aromatic rings. The summed E-state index contributed by atoms with van der Waals surface area (Å²) in [5.41, 5.74) is 2.04. The Morgan fingerprint density at radius 2 is 2.00 bits per heavy atom. The number of hydrogen-bond acceptors (Lipinski definition) is 16. The lowest BCUT2D eigenvalue weighted by atomic mass is 9.95. The molecule has 42 heavy (non-hydrogen) atoms. The van der Waals surface area contributed by atoms with Gasteiger partial charge in [0.05, 0.1) is 26.7 Å². The van der Waals surface area contributed by atoms with E-state index in [1.807, 2.05) is 6.26 Å². The van der Waals surface area contributed by atoms with Crippen molar-refractivity contribution < 1.29 is 52.4 Å². The molecule has 0 amide bonds. The van der Waals surface area contributed by atoms with E-state index in [1.165, 1.54) is 36.7 Å². The Balaban J connectivity index is 1.59. The topological polar surface area (TPSA) is 229 Å². The van der Waals surface area contributed by atoms with Crippen molar-refractivity contribution in [3.8, 4) is 5.88 Å². The number of esters is 2. The first-order valence-electron chi connectivity index (χ1n) is 13.0. The van der Waals surface area contributed by atoms with Crippen LogP contribution in [0.15, 0.2) is 6.33 Å². The number of rotatable bonds is 15. The van der Waals surface area contributed by atoms with Crippen LogP contribution < -0.4 is 15.6 Å². The molecule has 17 nitrogen and oxygen atoms in total. The standard InChI is InChI=1S/C23H35N6O11PS/c1-6-36-13(30)10-38-41(34,28-12(8-9-42-5)19(31)37-7-2)40-16-15-23(16,33)22(3,32)20(39-15)29-11-25-14-17(29)26-21(24)27-18(14)35-4/h11-12,15-16,20,32-33H,6-10H2,1-5H3,(H,28,34)(H2,24,26,27)/t12-,15+,16?,20+,22-,23-,41?/m0/s1. The van der Waals surface area contributed by atoms with Gasteiger partial charge in [-0.2, -0.15) is 21.7 Å². The average molecular weight is 635 g/mol. The minimum Gasteiger partial charge on any atom is -0.479 e. The third kappa shape index (κ3) is 5.94. The van der Waals surface area contributed by atoms with E-state index in [-0.39, 0.29) is 42.6 Å². The fraction of sp³-hybridized carbons (Fsp3) is 0.696. The Morgan fingerprint density at radius 3 is 2.60 bits per heavy atom. The highest BCUT2D eigenvalue weighted by Gasteiger charge is 2.84. The highest BCUT2D eigenvalue weighted by molar-refractivity contribution is 7.98. The predicted octanol–water partition coefficient (Wildman–Crippen LogP) is 0.158. The molecule has 234 valence electrons. The number of aliphatic hydroxyl groups is 2. The number of ether oxygens (including phenoxy) is 4. The van der Waals surface area contributed by atoms with Crippen molar-refractivity contribution >= 4 is 48.6 Å². The van der Waals surface area contributed by atoms with Gasteiger partial charge in [-0.1, -0.05) is 0 Å². The van der Waals surface area contributed by atoms with E-state index in [2.05, 4.69) is 20.0 Å². The maximum atomic E-state index is 13.9. The van der Waals surface area contributed by atoms with Crippen molar-refractivity contribution in [1.82, 2.24) is 24.6 Å². The summed E-state index contributed by atoms with van der Waals surface area (Å²) in [7, 11) is -3.16. The highest BCUT2D eigenvalue weighted by Crippen LogP contribution is 2.65. The number of aromatic nitrogens is 4. The minimum absolute atomic E-state index is 0.0495. The lowest BCUT2D eigenvalue weighted by Gasteiger charge is -2.33. The zero-order valence-corrected chi connectivity index (χ0v) is 25.4. The smallest absolute Gasteiger partial charge is 0.407 e. The number of fused-ring (bicyclic) bond motifs is 2. The Hall–Kier alpha value is -2.57. The number of hydrogen-bond donors (Lipinski definition) is 4. The molecule has 1 saturated carbocycles. The van der Waals surface area contributed by atoms with E-state index in [4.69, 9.17) is 33.7 Å². The summed E-state index contributed by atoms with van der Waals surface area (Å²) in [6.07, 6.45) is -0.506. The van der Waals surface area contributed by atoms with Crippen LogP contribution in [0, 0.1) is 0 Å². The molecule has 0 bridgehead atoms. The number of methoxy groups -OCH3 is 1. The van der Waals surface area contributed by atoms with Crippen LogP contribution in [-0.4, -0.2) is 110 Å². The molecular weight excluding hydrogens is 599 g/mol. The normalized spacial score (nSPS) is 28.6. The Kier molecular flexibility index (Phi) is 9.69. The second-order valence-electron chi connectivity index (χ2n) is 9.61. The highest BCUT2D eigenvalue weighted by atomic mass is 32.2. The lowest BCUT2D eigenvalue weighted by Crippen LogP contribution is -2.49. The average Bonchev–Trinajstić information content (AvgIpc) is 3.18. The molecule has 0 aromatic carbocycles. The van der Waals surface area contributed by atoms with E-state index in [0.29, 0.717) is 5.75 Å². The van der Waals surface area contributed by atoms with Crippen LogP contribution >= 0.6 is 19.5 Å². The largest absolute Gasteiger partial charge is 0.479 e. The van der Waals surface area contributed by atoms with Gasteiger partial charge in [0.1, 0.15) is 23.9 Å². The lowest BCUT2D eigenvalue weighted by molar-refractivity contribution is -0.156. The van der Waals surface area contributed by atoms with Gasteiger partial charge in [-0.15, -0.1) is 0 Å². The minimum atomic E-state index is -4.54. The molecule has 0 spiro atoms. The zero-order chi connectivity index (χ0) is 30.9. The van der Waals surface area contributed by atoms with Crippen LogP contribution in [0.2, 0.25) is 0 Å². The summed E-state index contributed by atoms with van der Waals surface area (Å²) in [6.45, 7) is 3.84. The fourth-order valence-corrected chi connectivity index (χ4v) is 6.85. The van der Waals surface area contributed by atoms with Gasteiger partial charge in [0, 0.05) is 0 Å². The van der Waals surface area contributed by atoms with Gasteiger partial charge >= 0.3 is 19.7 Å². The Morgan fingerprint density at radius 1 is 1.29 bits per heavy atom. The van der Waals surface area contributed by atoms with Crippen molar-refractivity contribution in [2.75, 3.05) is 44.7 Å². The number of nitrogen functional groups attached to an aromatic ring is 1. The van der Waals surface area contributed by atoms with Crippen molar-refractivity contribution in [1.29, 1.82) is 0 Å². The number of carbonyl (C=O) groups is 2. The van der Waals surface area contributed by atoms with Crippen molar-refractivity contribution in [2.24, 2.45) is 0 Å². The van der Waals surface area contributed by atoms with E-state index in [1.54, 1.807) is 13.8 Å². The molecule has 7 atom stereocenters. The molecule has 1 aliphatic heterocycles. The van der Waals surface area contributed by atoms with Crippen molar-refractivity contribution in [2.45, 2.75) is 62.9 Å². The molecule has 0 radical (unpaired) electrons. The Bertz CT molecular complexity index is 1360. The van der Waals surface area contributed by atoms with Gasteiger partial charge in [-0.3, -0.25) is 18.4 Å². The van der Waals surface area contributed by atoms with Gasteiger partial charge in [-0.25, -0.2) is 19.4 Å². The number of anilines is 1. The fourth-order valence-electron chi connectivity index (χ4n) is 4.72. The van der Waals surface area contributed by atoms with Crippen LogP contribution in [0.25, 0.3) is 11.2 Å². The summed E-state index contributed by atoms with van der Waals surface area (Å²) >= 11 is 1.44. The van der Waals surface area contributed by atoms with E-state index >= 15 is 0 Å². The van der Waals surface area contributed by atoms with Gasteiger partial charge in [-0.05, 0) is 39.2 Å². The third-order valence-corrected chi connectivity index (χ3v) is 9.10. The van der Waals surface area contributed by atoms with Crippen molar-refractivity contribution in [3.05, 3.63) is 6.33 Å². The first kappa shape index (κ1) is 32.3. The molecule has 1 aliphatic carbocycles. The summed E-state index contributed by atoms with van der Waals surface area (Å²) in [5.74, 6) is -1.07. The number of nitrogens with two attached hydrogens (primary N) is 1. The molecule has 3 heterocycles. The molecule has 2 aliphatic rings. The maximum Gasteiger partial charge on any atom is 0.407 e. The van der Waals surface area contributed by atoms with Crippen molar-refractivity contribution in [3.63, 3.8) is 0 Å². The van der Waals surface area contributed by atoms with Gasteiger partial charge in [0.2, 0.25) is 11.8 Å². The number of carbonyl (C=O) groups excluding carboxylic acids is 2. The number of thioether (sulfide) groups is 1. The maximum absolute atomic E-state index is 13.9. The van der Waals surface area contributed by atoms with E-state index in [0.717, 1.165) is 0 Å². The first-order valence-corrected chi connectivity index (χ1v) is 16.0. The zero-order valence-electron chi connectivity index (χ0n) is 23.7. The molecular formula is C23H35N6O11PS. The molecule has 2 fully saturated rings. The van der Waals surface area contributed by atoms with Crippen LogP contribution in [0.1, 0.15) is 33.4 Å². The van der Waals surface area contributed by atoms with E-state index in [9.17, 15) is 24.4 Å². The second-order valence-corrected chi connectivity index (χ2v) is 12.3. The molecule has 5 N–H and O–H groups in total. The molecule has 2 aromatic heterocycles. The van der Waals surface area contributed by atoms with Crippen LogP contribution in [0.5, 0.6) is 5.88 Å². The van der Waals surface area contributed by atoms with Gasteiger partial charge in [0.15, 0.2) is 29.6 Å².